The summed E-state index contributed by atoms with van der Waals surface area (Å²) in [5.74, 6) is 6.35. The molecule has 3 heterocycles. The van der Waals surface area contributed by atoms with E-state index in [-0.39, 0.29) is 5.91 Å². The van der Waals surface area contributed by atoms with E-state index in [4.69, 9.17) is 5.41 Å². The van der Waals surface area contributed by atoms with Crippen LogP contribution in [-0.2, 0) is 11.8 Å². The number of hydrogen-bond acceptors (Lipinski definition) is 8. The molecule has 0 aliphatic heterocycles. The largest absolute Gasteiger partial charge is 0.388 e. The molecule has 0 spiro atoms. The van der Waals surface area contributed by atoms with Crippen molar-refractivity contribution < 1.29 is 4.79 Å². The normalized spacial score (nSPS) is 11.5. The minimum atomic E-state index is -0.402. The maximum atomic E-state index is 12.6. The molecule has 4 aromatic rings. The first kappa shape index (κ1) is 24.5. The highest BCUT2D eigenvalue weighted by Crippen LogP contribution is 2.28. The number of hydrogen-bond donors (Lipinski definition) is 4. The number of carbonyl (C=O) groups excluding carboxylic acids is 1. The van der Waals surface area contributed by atoms with Crippen molar-refractivity contribution in [2.24, 2.45) is 7.05 Å². The minimum absolute atomic E-state index is 0.219. The van der Waals surface area contributed by atoms with E-state index in [0.29, 0.717) is 17.2 Å². The molecule has 36 heavy (non-hydrogen) atoms. The Bertz CT molecular complexity index is 1530. The molecule has 0 aliphatic carbocycles. The van der Waals surface area contributed by atoms with Gasteiger partial charge in [-0.15, -0.1) is 0 Å². The molecule has 0 fully saturated rings. The van der Waals surface area contributed by atoms with Crippen LogP contribution in [0.25, 0.3) is 22.3 Å². The number of anilines is 2. The molecule has 0 radical (unpaired) electrons. The van der Waals surface area contributed by atoms with Gasteiger partial charge in [-0.05, 0) is 57.1 Å². The molecule has 0 saturated heterocycles. The van der Waals surface area contributed by atoms with Gasteiger partial charge >= 0.3 is 0 Å². The van der Waals surface area contributed by atoms with E-state index in [1.807, 2.05) is 45.3 Å². The van der Waals surface area contributed by atoms with Crippen LogP contribution in [0.1, 0.15) is 29.4 Å². The molecule has 10 heteroatoms. The number of benzene rings is 1. The highest BCUT2D eigenvalue weighted by molar-refractivity contribution is 5.95. The van der Waals surface area contributed by atoms with Crippen LogP contribution in [0.3, 0.4) is 0 Å². The number of aryl methyl sites for hydroxylation is 2. The second kappa shape index (κ2) is 10.3. The van der Waals surface area contributed by atoms with E-state index >= 15 is 0 Å². The number of aromatic nitrogens is 5. The molecule has 1 unspecified atom stereocenters. The number of pyridine rings is 1. The van der Waals surface area contributed by atoms with Crippen molar-refractivity contribution >= 4 is 34.7 Å². The number of likely N-dealkylation sites (N-methyl/N-ethyl adjacent to an activating group) is 1. The van der Waals surface area contributed by atoms with Gasteiger partial charge in [0.25, 0.3) is 0 Å². The first-order chi connectivity index (χ1) is 17.3. The van der Waals surface area contributed by atoms with Gasteiger partial charge < -0.3 is 21.4 Å². The first-order valence-corrected chi connectivity index (χ1v) is 11.3. The number of nitrogens with one attached hydrogen (secondary N) is 4. The summed E-state index contributed by atoms with van der Waals surface area (Å²) in [7, 11) is 5.37. The Morgan fingerprint density at radius 3 is 2.69 bits per heavy atom. The number of carbonyl (C=O) groups is 1. The molecule has 182 valence electrons. The summed E-state index contributed by atoms with van der Waals surface area (Å²) in [6.45, 7) is 3.66. The standard InChI is InChI=1S/C26H27N9O/c1-15-23-25(35(5)34-15)24(31-14-30-23)18-11-20(32-22(12-18)33-26(36)16(2)28-3)8-6-17-7-9-21(29-4)19(10-17)13-27/h7,9-14,16,27-29H,1-5H3,(H,32,33,36). The maximum absolute atomic E-state index is 12.6. The molecule has 0 aliphatic rings. The lowest BCUT2D eigenvalue weighted by molar-refractivity contribution is -0.117. The average Bonchev–Trinajstić information content (AvgIpc) is 3.19. The third kappa shape index (κ3) is 4.92. The lowest BCUT2D eigenvalue weighted by atomic mass is 10.1. The molecule has 10 nitrogen and oxygen atoms in total. The summed E-state index contributed by atoms with van der Waals surface area (Å²) in [6, 6.07) is 8.78. The van der Waals surface area contributed by atoms with E-state index in [9.17, 15) is 4.79 Å². The molecule has 1 atom stereocenters. The van der Waals surface area contributed by atoms with Crippen LogP contribution in [0.15, 0.2) is 36.7 Å². The highest BCUT2D eigenvalue weighted by atomic mass is 16.2. The van der Waals surface area contributed by atoms with Crippen LogP contribution in [0, 0.1) is 24.2 Å². The van der Waals surface area contributed by atoms with Gasteiger partial charge in [0.1, 0.15) is 28.9 Å². The molecule has 0 bridgehead atoms. The van der Waals surface area contributed by atoms with E-state index in [1.54, 1.807) is 24.7 Å². The number of amides is 1. The molecule has 1 amide bonds. The summed E-state index contributed by atoms with van der Waals surface area (Å²) < 4.78 is 1.75. The monoisotopic (exact) mass is 481 g/mol. The maximum Gasteiger partial charge on any atom is 0.242 e. The van der Waals surface area contributed by atoms with Crippen molar-refractivity contribution in [2.75, 3.05) is 24.7 Å². The van der Waals surface area contributed by atoms with Gasteiger partial charge in [-0.25, -0.2) is 15.0 Å². The fourth-order valence-corrected chi connectivity index (χ4v) is 3.77. The molecule has 4 rings (SSSR count). The van der Waals surface area contributed by atoms with Crippen LogP contribution in [0.4, 0.5) is 11.5 Å². The molecular formula is C26H27N9O. The molecule has 1 aromatic carbocycles. The Labute approximate surface area is 209 Å². The SMILES string of the molecule is CNc1ccc(C#Cc2cc(-c3ncnc4c(C)nn(C)c34)cc(NC(=O)C(C)NC)n2)cc1C=N. The molecular weight excluding hydrogens is 454 g/mol. The molecule has 4 N–H and O–H groups in total. The van der Waals surface area contributed by atoms with Crippen LogP contribution in [0.2, 0.25) is 0 Å². The lowest BCUT2D eigenvalue weighted by Crippen LogP contribution is -2.35. The van der Waals surface area contributed by atoms with Gasteiger partial charge in [-0.3, -0.25) is 9.48 Å². The summed E-state index contributed by atoms with van der Waals surface area (Å²) in [5, 5.41) is 21.0. The summed E-state index contributed by atoms with van der Waals surface area (Å²) >= 11 is 0. The quantitative estimate of drug-likeness (QED) is 0.246. The Balaban J connectivity index is 1.83. The highest BCUT2D eigenvalue weighted by Gasteiger charge is 2.17. The predicted octanol–water partition coefficient (Wildman–Crippen LogP) is 2.72. The van der Waals surface area contributed by atoms with Gasteiger partial charge in [-0.1, -0.05) is 5.92 Å². The van der Waals surface area contributed by atoms with E-state index in [2.05, 4.69) is 47.8 Å². The van der Waals surface area contributed by atoms with E-state index in [0.717, 1.165) is 39.1 Å². The molecule has 0 saturated carbocycles. The number of nitrogens with zero attached hydrogens (tertiary/aromatic N) is 5. The van der Waals surface area contributed by atoms with Crippen molar-refractivity contribution in [3.8, 4) is 23.1 Å². The third-order valence-electron chi connectivity index (χ3n) is 5.78. The predicted molar refractivity (Wildman–Crippen MR) is 141 cm³/mol. The Hall–Kier alpha value is -4.62. The van der Waals surface area contributed by atoms with Gasteiger partial charge in [0.2, 0.25) is 5.91 Å². The zero-order chi connectivity index (χ0) is 25.8. The van der Waals surface area contributed by atoms with Crippen molar-refractivity contribution in [3.05, 3.63) is 59.2 Å². The van der Waals surface area contributed by atoms with Crippen LogP contribution >= 0.6 is 0 Å². The Morgan fingerprint density at radius 1 is 1.17 bits per heavy atom. The van der Waals surface area contributed by atoms with Crippen LogP contribution in [-0.4, -0.2) is 57.0 Å². The smallest absolute Gasteiger partial charge is 0.242 e. The van der Waals surface area contributed by atoms with Crippen molar-refractivity contribution in [1.29, 1.82) is 5.41 Å². The fraction of sp³-hybridized carbons (Fsp3) is 0.231. The van der Waals surface area contributed by atoms with Gasteiger partial charge in [0.15, 0.2) is 0 Å². The minimum Gasteiger partial charge on any atom is -0.388 e. The Morgan fingerprint density at radius 2 is 1.97 bits per heavy atom. The summed E-state index contributed by atoms with van der Waals surface area (Å²) in [5.41, 5.74) is 6.49. The van der Waals surface area contributed by atoms with E-state index in [1.165, 1.54) is 12.5 Å². The summed E-state index contributed by atoms with van der Waals surface area (Å²) in [6.07, 6.45) is 2.78. The zero-order valence-electron chi connectivity index (χ0n) is 20.8. The summed E-state index contributed by atoms with van der Waals surface area (Å²) in [4.78, 5) is 26.0. The van der Waals surface area contributed by atoms with Crippen molar-refractivity contribution in [2.45, 2.75) is 19.9 Å². The van der Waals surface area contributed by atoms with Crippen LogP contribution < -0.4 is 16.0 Å². The third-order valence-corrected chi connectivity index (χ3v) is 5.78. The topological polar surface area (TPSA) is 134 Å². The first-order valence-electron chi connectivity index (χ1n) is 11.3. The number of fused-ring (bicyclic) bond motifs is 1. The van der Waals surface area contributed by atoms with Crippen molar-refractivity contribution in [3.63, 3.8) is 0 Å². The second-order valence-electron chi connectivity index (χ2n) is 8.20. The zero-order valence-corrected chi connectivity index (χ0v) is 20.8. The van der Waals surface area contributed by atoms with Crippen LogP contribution in [0.5, 0.6) is 0 Å². The fourth-order valence-electron chi connectivity index (χ4n) is 3.77. The number of rotatable bonds is 6. The average molecular weight is 482 g/mol. The Kier molecular flexibility index (Phi) is 7.03. The molecule has 3 aromatic heterocycles. The van der Waals surface area contributed by atoms with Gasteiger partial charge in [0.05, 0.1) is 17.4 Å². The van der Waals surface area contributed by atoms with Crippen molar-refractivity contribution in [1.82, 2.24) is 30.0 Å². The van der Waals surface area contributed by atoms with Gasteiger partial charge in [-0.2, -0.15) is 5.10 Å². The lowest BCUT2D eigenvalue weighted by Gasteiger charge is -2.12. The second-order valence-corrected chi connectivity index (χ2v) is 8.20. The van der Waals surface area contributed by atoms with E-state index < -0.39 is 6.04 Å². The van der Waals surface area contributed by atoms with Gasteiger partial charge in [0, 0.05) is 42.7 Å².